The van der Waals surface area contributed by atoms with E-state index in [2.05, 4.69) is 6.58 Å². The summed E-state index contributed by atoms with van der Waals surface area (Å²) >= 11 is 0. The van der Waals surface area contributed by atoms with Gasteiger partial charge in [-0.15, -0.1) is 0 Å². The lowest BCUT2D eigenvalue weighted by atomic mass is 9.83. The Hall–Kier alpha value is -1.35. The summed E-state index contributed by atoms with van der Waals surface area (Å²) in [5.41, 5.74) is 0.186. The highest BCUT2D eigenvalue weighted by Gasteiger charge is 2.27. The Balaban J connectivity index is 2.84. The Morgan fingerprint density at radius 3 is 2.56 bits per heavy atom. The summed E-state index contributed by atoms with van der Waals surface area (Å²) in [7, 11) is 0. The van der Waals surface area contributed by atoms with Crippen LogP contribution in [-0.2, 0) is 16.8 Å². The molecule has 88 valence electrons. The summed E-state index contributed by atoms with van der Waals surface area (Å²) in [5.74, 6) is 1.27. The molecule has 3 nitrogen and oxygen atoms in total. The average molecular weight is 222 g/mol. The minimum Gasteiger partial charge on any atom is -0.463 e. The molecular formula is C13H18O3. The van der Waals surface area contributed by atoms with E-state index in [1.165, 1.54) is 0 Å². The van der Waals surface area contributed by atoms with Crippen molar-refractivity contribution in [2.75, 3.05) is 0 Å². The van der Waals surface area contributed by atoms with Crippen molar-refractivity contribution < 1.29 is 14.3 Å². The van der Waals surface area contributed by atoms with Crippen LogP contribution in [-0.4, -0.2) is 10.9 Å². The first-order valence-electron chi connectivity index (χ1n) is 5.25. The van der Waals surface area contributed by atoms with Crippen molar-refractivity contribution in [3.05, 3.63) is 35.8 Å². The predicted molar refractivity (Wildman–Crippen MR) is 62.1 cm³/mol. The minimum atomic E-state index is -0.372. The zero-order valence-electron chi connectivity index (χ0n) is 10.0. The van der Waals surface area contributed by atoms with Gasteiger partial charge in [0.15, 0.2) is 5.78 Å². The second-order valence-corrected chi connectivity index (χ2v) is 4.69. The molecule has 0 fully saturated rings. The molecule has 1 aromatic heterocycles. The van der Waals surface area contributed by atoms with E-state index in [4.69, 9.17) is 9.52 Å². The van der Waals surface area contributed by atoms with Gasteiger partial charge in [0, 0.05) is 11.8 Å². The monoisotopic (exact) mass is 222 g/mol. The first-order valence-corrected chi connectivity index (χ1v) is 5.25. The Morgan fingerprint density at radius 1 is 1.50 bits per heavy atom. The van der Waals surface area contributed by atoms with Crippen LogP contribution >= 0.6 is 0 Å². The van der Waals surface area contributed by atoms with Gasteiger partial charge in [0.1, 0.15) is 18.1 Å². The SMILES string of the molecule is C=C(C)C(=O)CC(C)(C)c1ccc(CO)o1. The molecule has 0 aliphatic heterocycles. The van der Waals surface area contributed by atoms with Crippen molar-refractivity contribution in [2.24, 2.45) is 0 Å². The molecule has 0 aliphatic carbocycles. The summed E-state index contributed by atoms with van der Waals surface area (Å²) in [6.07, 6.45) is 0.362. The maximum Gasteiger partial charge on any atom is 0.158 e. The number of rotatable bonds is 5. The Labute approximate surface area is 95.8 Å². The molecular weight excluding hydrogens is 204 g/mol. The van der Waals surface area contributed by atoms with Crippen LogP contribution in [0.25, 0.3) is 0 Å². The molecule has 0 saturated heterocycles. The minimum absolute atomic E-state index is 0.0342. The van der Waals surface area contributed by atoms with E-state index >= 15 is 0 Å². The van der Waals surface area contributed by atoms with Crippen LogP contribution in [0.3, 0.4) is 0 Å². The molecule has 0 bridgehead atoms. The maximum absolute atomic E-state index is 11.6. The van der Waals surface area contributed by atoms with E-state index in [-0.39, 0.29) is 17.8 Å². The molecule has 0 aromatic carbocycles. The van der Waals surface area contributed by atoms with Crippen molar-refractivity contribution in [3.8, 4) is 0 Å². The number of hydrogen-bond acceptors (Lipinski definition) is 3. The Morgan fingerprint density at radius 2 is 2.12 bits per heavy atom. The number of carbonyl (C=O) groups is 1. The fourth-order valence-corrected chi connectivity index (χ4v) is 1.47. The molecule has 1 N–H and O–H groups in total. The summed E-state index contributed by atoms with van der Waals surface area (Å²) in [5, 5.41) is 8.91. The summed E-state index contributed by atoms with van der Waals surface area (Å²) < 4.78 is 5.45. The standard InChI is InChI=1S/C13H18O3/c1-9(2)11(15)7-13(3,4)12-6-5-10(8-14)16-12/h5-6,14H,1,7-8H2,2-4H3. The van der Waals surface area contributed by atoms with Crippen LogP contribution in [0.2, 0.25) is 0 Å². The number of aliphatic hydroxyl groups is 1. The van der Waals surface area contributed by atoms with E-state index in [0.29, 0.717) is 23.5 Å². The lowest BCUT2D eigenvalue weighted by molar-refractivity contribution is -0.116. The fraction of sp³-hybridized carbons (Fsp3) is 0.462. The molecule has 0 radical (unpaired) electrons. The van der Waals surface area contributed by atoms with Crippen LogP contribution in [0, 0.1) is 0 Å². The second kappa shape index (κ2) is 4.66. The van der Waals surface area contributed by atoms with Gasteiger partial charge in [0.25, 0.3) is 0 Å². The third kappa shape index (κ3) is 2.83. The van der Waals surface area contributed by atoms with E-state index in [0.717, 1.165) is 0 Å². The molecule has 3 heteroatoms. The number of Topliss-reactive ketones (excluding diaryl/α,β-unsaturated/α-hetero) is 1. The zero-order valence-corrected chi connectivity index (χ0v) is 10.0. The summed E-state index contributed by atoms with van der Waals surface area (Å²) in [6, 6.07) is 3.53. The van der Waals surface area contributed by atoms with Crippen LogP contribution in [0.15, 0.2) is 28.7 Å². The van der Waals surface area contributed by atoms with Crippen molar-refractivity contribution in [3.63, 3.8) is 0 Å². The van der Waals surface area contributed by atoms with Crippen molar-refractivity contribution in [1.29, 1.82) is 0 Å². The number of ketones is 1. The third-order valence-corrected chi connectivity index (χ3v) is 2.56. The second-order valence-electron chi connectivity index (χ2n) is 4.69. The molecule has 0 aliphatic rings. The topological polar surface area (TPSA) is 50.4 Å². The van der Waals surface area contributed by atoms with Crippen LogP contribution in [0.1, 0.15) is 38.7 Å². The lowest BCUT2D eigenvalue weighted by Crippen LogP contribution is -2.21. The zero-order chi connectivity index (χ0) is 12.3. The number of hydrogen-bond donors (Lipinski definition) is 1. The first-order chi connectivity index (χ1) is 7.36. The fourth-order valence-electron chi connectivity index (χ4n) is 1.47. The molecule has 0 saturated carbocycles. The normalized spacial score (nSPS) is 11.5. The van der Waals surface area contributed by atoms with E-state index < -0.39 is 0 Å². The van der Waals surface area contributed by atoms with Gasteiger partial charge in [-0.3, -0.25) is 4.79 Å². The summed E-state index contributed by atoms with van der Waals surface area (Å²) in [6.45, 7) is 9.10. The molecule has 0 unspecified atom stereocenters. The van der Waals surface area contributed by atoms with E-state index in [1.807, 2.05) is 13.8 Å². The maximum atomic E-state index is 11.6. The van der Waals surface area contributed by atoms with Crippen molar-refractivity contribution >= 4 is 5.78 Å². The quantitative estimate of drug-likeness (QED) is 0.779. The smallest absolute Gasteiger partial charge is 0.158 e. The molecule has 0 spiro atoms. The van der Waals surface area contributed by atoms with Crippen LogP contribution in [0.5, 0.6) is 0 Å². The Kier molecular flexibility index (Phi) is 3.70. The highest BCUT2D eigenvalue weighted by atomic mass is 16.4. The van der Waals surface area contributed by atoms with Gasteiger partial charge in [0.05, 0.1) is 0 Å². The van der Waals surface area contributed by atoms with Gasteiger partial charge in [-0.05, 0) is 24.6 Å². The number of carbonyl (C=O) groups excluding carboxylic acids is 1. The van der Waals surface area contributed by atoms with Gasteiger partial charge in [0.2, 0.25) is 0 Å². The third-order valence-electron chi connectivity index (χ3n) is 2.56. The van der Waals surface area contributed by atoms with E-state index in [1.54, 1.807) is 19.1 Å². The van der Waals surface area contributed by atoms with Gasteiger partial charge in [-0.25, -0.2) is 0 Å². The molecule has 0 amide bonds. The largest absolute Gasteiger partial charge is 0.463 e. The van der Waals surface area contributed by atoms with Crippen LogP contribution in [0.4, 0.5) is 0 Å². The highest BCUT2D eigenvalue weighted by Crippen LogP contribution is 2.29. The number of allylic oxidation sites excluding steroid dienone is 1. The number of furan rings is 1. The van der Waals surface area contributed by atoms with Gasteiger partial charge >= 0.3 is 0 Å². The predicted octanol–water partition coefficient (Wildman–Crippen LogP) is 2.58. The highest BCUT2D eigenvalue weighted by molar-refractivity contribution is 5.94. The average Bonchev–Trinajstić information content (AvgIpc) is 2.65. The molecule has 16 heavy (non-hydrogen) atoms. The first kappa shape index (κ1) is 12.7. The van der Waals surface area contributed by atoms with E-state index in [9.17, 15) is 4.79 Å². The van der Waals surface area contributed by atoms with Gasteiger partial charge in [-0.2, -0.15) is 0 Å². The van der Waals surface area contributed by atoms with Crippen molar-refractivity contribution in [1.82, 2.24) is 0 Å². The lowest BCUT2D eigenvalue weighted by Gasteiger charge is -2.21. The molecule has 1 rings (SSSR count). The molecule has 1 aromatic rings. The van der Waals surface area contributed by atoms with Gasteiger partial charge < -0.3 is 9.52 Å². The number of aliphatic hydroxyl groups excluding tert-OH is 1. The summed E-state index contributed by atoms with van der Waals surface area (Å²) in [4.78, 5) is 11.6. The van der Waals surface area contributed by atoms with Crippen LogP contribution < -0.4 is 0 Å². The molecule has 0 atom stereocenters. The Bertz CT molecular complexity index is 399. The van der Waals surface area contributed by atoms with Crippen molar-refractivity contribution in [2.45, 2.75) is 39.2 Å². The van der Waals surface area contributed by atoms with Gasteiger partial charge in [-0.1, -0.05) is 20.4 Å². The molecule has 1 heterocycles.